The van der Waals surface area contributed by atoms with Crippen LogP contribution in [0.1, 0.15) is 16.9 Å². The number of fused-ring (bicyclic) bond motifs is 2. The van der Waals surface area contributed by atoms with Crippen LogP contribution in [0.5, 0.6) is 0 Å². The molecule has 0 aliphatic carbocycles. The quantitative estimate of drug-likeness (QED) is 0.705. The van der Waals surface area contributed by atoms with Crippen molar-refractivity contribution in [3.05, 3.63) is 35.2 Å². The summed E-state index contributed by atoms with van der Waals surface area (Å²) in [7, 11) is -1.81. The number of nitrogens with zero attached hydrogens (tertiary/aromatic N) is 4. The third-order valence-corrected chi connectivity index (χ3v) is 8.12. The van der Waals surface area contributed by atoms with E-state index in [0.717, 1.165) is 0 Å². The molecule has 2 aromatic heterocycles. The van der Waals surface area contributed by atoms with E-state index in [1.54, 1.807) is 40.9 Å². The van der Waals surface area contributed by atoms with Gasteiger partial charge in [0.15, 0.2) is 0 Å². The number of hydrogen-bond donors (Lipinski definition) is 0. The molecule has 0 N–H and O–H groups in total. The highest BCUT2D eigenvalue weighted by Gasteiger charge is 2.64. The minimum absolute atomic E-state index is 0.218. The summed E-state index contributed by atoms with van der Waals surface area (Å²) in [5.74, 6) is -0.218. The van der Waals surface area contributed by atoms with Gasteiger partial charge in [0.05, 0.1) is 17.7 Å². The number of amides is 1. The predicted octanol–water partition coefficient (Wildman–Crippen LogP) is 0.615. The lowest BCUT2D eigenvalue weighted by Crippen LogP contribution is -2.56. The van der Waals surface area contributed by atoms with Gasteiger partial charge in [0.1, 0.15) is 22.2 Å². The second-order valence-corrected chi connectivity index (χ2v) is 9.91. The number of halogens is 1. The molecule has 1 amide bonds. The van der Waals surface area contributed by atoms with Crippen molar-refractivity contribution in [3.63, 3.8) is 0 Å². The van der Waals surface area contributed by atoms with Crippen molar-refractivity contribution in [3.8, 4) is 0 Å². The van der Waals surface area contributed by atoms with Gasteiger partial charge in [0.2, 0.25) is 10.0 Å². The third kappa shape index (κ3) is 2.17. The van der Waals surface area contributed by atoms with E-state index >= 15 is 0 Å². The molecule has 2 aromatic rings. The van der Waals surface area contributed by atoms with E-state index in [0.29, 0.717) is 29.3 Å². The zero-order valence-electron chi connectivity index (χ0n) is 14.0. The zero-order valence-corrected chi connectivity index (χ0v) is 15.6. The standard InChI is InChI=1S/C16H17ClN4O4S/c1-19-8-16-9-21(6-11(25-16)4-13(16)26(19,23)24)15(22)12-7-20-5-10(17)2-3-14(20)18-12/h2-3,5,7,11,13H,4,6,8-9H2,1H3/t11-,13+,16-/m1/s1. The molecule has 0 radical (unpaired) electrons. The first-order valence-electron chi connectivity index (χ1n) is 8.35. The fraction of sp³-hybridized carbons (Fsp3) is 0.500. The van der Waals surface area contributed by atoms with Crippen LogP contribution >= 0.6 is 11.6 Å². The fourth-order valence-electron chi connectivity index (χ4n) is 4.44. The number of ether oxygens (including phenoxy) is 1. The van der Waals surface area contributed by atoms with Crippen molar-refractivity contribution in [2.75, 3.05) is 26.7 Å². The maximum absolute atomic E-state index is 13.0. The number of likely N-dealkylation sites (tertiary alicyclic amines) is 1. The zero-order chi connectivity index (χ0) is 18.3. The molecule has 8 nitrogen and oxygen atoms in total. The Morgan fingerprint density at radius 1 is 1.35 bits per heavy atom. The Bertz CT molecular complexity index is 1040. The van der Waals surface area contributed by atoms with E-state index < -0.39 is 20.9 Å². The molecule has 0 unspecified atom stereocenters. The minimum Gasteiger partial charge on any atom is -0.365 e. The monoisotopic (exact) mass is 396 g/mol. The Labute approximate surface area is 155 Å². The number of aromatic nitrogens is 2. The van der Waals surface area contributed by atoms with Crippen LogP contribution in [0.15, 0.2) is 24.5 Å². The maximum Gasteiger partial charge on any atom is 0.274 e. The summed E-state index contributed by atoms with van der Waals surface area (Å²) in [6.45, 7) is 0.914. The van der Waals surface area contributed by atoms with Crippen LogP contribution in [0.2, 0.25) is 5.02 Å². The summed E-state index contributed by atoms with van der Waals surface area (Å²) in [5, 5.41) is -0.0260. The number of hydrogen-bond acceptors (Lipinski definition) is 5. The molecule has 3 aliphatic heterocycles. The van der Waals surface area contributed by atoms with Gasteiger partial charge in [-0.25, -0.2) is 17.7 Å². The SMILES string of the molecule is CN1C[C@@]23CN(C(=O)c4cn5cc(Cl)ccc5n4)C[C@@H](C[C@@H]2S1(=O)=O)O3. The molecule has 3 aliphatic rings. The smallest absolute Gasteiger partial charge is 0.274 e. The molecule has 5 heterocycles. The van der Waals surface area contributed by atoms with E-state index in [9.17, 15) is 13.2 Å². The van der Waals surface area contributed by atoms with E-state index in [2.05, 4.69) is 4.98 Å². The number of likely N-dealkylation sites (N-methyl/N-ethyl adjacent to an activating group) is 1. The molecule has 3 fully saturated rings. The molecule has 138 valence electrons. The summed E-state index contributed by atoms with van der Waals surface area (Å²) in [4.78, 5) is 19.0. The van der Waals surface area contributed by atoms with Gasteiger partial charge >= 0.3 is 0 Å². The lowest BCUT2D eigenvalue weighted by Gasteiger charge is -2.39. The van der Waals surface area contributed by atoms with Gasteiger partial charge < -0.3 is 14.0 Å². The number of sulfonamides is 1. The van der Waals surface area contributed by atoms with E-state index in [4.69, 9.17) is 16.3 Å². The number of carbonyl (C=O) groups is 1. The first kappa shape index (κ1) is 16.5. The van der Waals surface area contributed by atoms with E-state index in [1.807, 2.05) is 0 Å². The third-order valence-electron chi connectivity index (χ3n) is 5.55. The Morgan fingerprint density at radius 2 is 2.15 bits per heavy atom. The van der Waals surface area contributed by atoms with Crippen molar-refractivity contribution in [2.24, 2.45) is 0 Å². The van der Waals surface area contributed by atoms with Gasteiger partial charge in [0.25, 0.3) is 5.91 Å². The molecule has 10 heteroatoms. The maximum atomic E-state index is 13.0. The van der Waals surface area contributed by atoms with Crippen LogP contribution in [0.3, 0.4) is 0 Å². The minimum atomic E-state index is -3.37. The van der Waals surface area contributed by atoms with Crippen LogP contribution in [0.25, 0.3) is 5.65 Å². The molecule has 26 heavy (non-hydrogen) atoms. The predicted molar refractivity (Wildman–Crippen MR) is 93.7 cm³/mol. The van der Waals surface area contributed by atoms with Gasteiger partial charge in [0, 0.05) is 32.5 Å². The largest absolute Gasteiger partial charge is 0.365 e. The number of morpholine rings is 1. The number of carbonyl (C=O) groups excluding carboxylic acids is 1. The molecule has 2 bridgehead atoms. The lowest BCUT2D eigenvalue weighted by molar-refractivity contribution is -0.0967. The number of rotatable bonds is 1. The summed E-state index contributed by atoms with van der Waals surface area (Å²) in [6.07, 6.45) is 3.51. The van der Waals surface area contributed by atoms with Crippen LogP contribution in [0, 0.1) is 0 Å². The highest BCUT2D eigenvalue weighted by molar-refractivity contribution is 7.90. The Hall–Kier alpha value is -1.68. The highest BCUT2D eigenvalue weighted by Crippen LogP contribution is 2.46. The Kier molecular flexibility index (Phi) is 3.29. The first-order valence-corrected chi connectivity index (χ1v) is 10.2. The van der Waals surface area contributed by atoms with Crippen LogP contribution in [-0.2, 0) is 14.8 Å². The summed E-state index contributed by atoms with van der Waals surface area (Å²) >= 11 is 5.98. The molecule has 1 spiro atoms. The molecular weight excluding hydrogens is 380 g/mol. The normalized spacial score (nSPS) is 32.9. The van der Waals surface area contributed by atoms with Crippen LogP contribution in [0.4, 0.5) is 0 Å². The molecule has 5 rings (SSSR count). The van der Waals surface area contributed by atoms with Gasteiger partial charge in [-0.05, 0) is 18.6 Å². The van der Waals surface area contributed by atoms with E-state index in [-0.39, 0.29) is 25.1 Å². The van der Waals surface area contributed by atoms with Crippen LogP contribution in [-0.4, -0.2) is 76.6 Å². The summed E-state index contributed by atoms with van der Waals surface area (Å²) in [6, 6.07) is 3.46. The highest BCUT2D eigenvalue weighted by atomic mass is 35.5. The molecule has 0 aromatic carbocycles. The Morgan fingerprint density at radius 3 is 2.96 bits per heavy atom. The molecule has 3 saturated heterocycles. The fourth-order valence-corrected chi connectivity index (χ4v) is 6.65. The number of imidazole rings is 1. The van der Waals surface area contributed by atoms with Crippen molar-refractivity contribution in [1.82, 2.24) is 18.6 Å². The van der Waals surface area contributed by atoms with Crippen molar-refractivity contribution >= 4 is 33.2 Å². The summed E-state index contributed by atoms with van der Waals surface area (Å²) in [5.41, 5.74) is 0.109. The van der Waals surface area contributed by atoms with Crippen molar-refractivity contribution in [1.29, 1.82) is 0 Å². The second kappa shape index (κ2) is 5.19. The lowest BCUT2D eigenvalue weighted by atomic mass is 9.99. The second-order valence-electron chi connectivity index (χ2n) is 7.25. The molecule has 3 atom stereocenters. The number of pyridine rings is 1. The van der Waals surface area contributed by atoms with Crippen molar-refractivity contribution in [2.45, 2.75) is 23.4 Å². The first-order chi connectivity index (χ1) is 12.3. The topological polar surface area (TPSA) is 84.2 Å². The molecular formula is C16H17ClN4O4S. The molecule has 0 saturated carbocycles. The van der Waals surface area contributed by atoms with Gasteiger partial charge in [-0.3, -0.25) is 4.79 Å². The van der Waals surface area contributed by atoms with Gasteiger partial charge in [-0.15, -0.1) is 0 Å². The Balaban J connectivity index is 1.47. The van der Waals surface area contributed by atoms with Crippen molar-refractivity contribution < 1.29 is 17.9 Å². The average Bonchev–Trinajstić information content (AvgIpc) is 3.16. The summed E-state index contributed by atoms with van der Waals surface area (Å²) < 4.78 is 34.1. The van der Waals surface area contributed by atoms with Gasteiger partial charge in [-0.1, -0.05) is 11.6 Å². The van der Waals surface area contributed by atoms with E-state index in [1.165, 1.54) is 4.31 Å². The van der Waals surface area contributed by atoms with Crippen LogP contribution < -0.4 is 0 Å². The average molecular weight is 397 g/mol. The van der Waals surface area contributed by atoms with Gasteiger partial charge in [-0.2, -0.15) is 0 Å².